The molecule has 11 heavy (non-hydrogen) atoms. The highest BCUT2D eigenvalue weighted by atomic mass is 15.1. The Bertz CT molecular complexity index is 220. The maximum absolute atomic E-state index is 8.60. The third-order valence-corrected chi connectivity index (χ3v) is 1.62. The first kappa shape index (κ1) is 7.87. The average Bonchev–Trinajstić information content (AvgIpc) is 2.06. The first-order valence-electron chi connectivity index (χ1n) is 3.88. The van der Waals surface area contributed by atoms with Crippen molar-refractivity contribution in [1.29, 1.82) is 5.26 Å². The Hall–Kier alpha value is -1.23. The highest BCUT2D eigenvalue weighted by Crippen LogP contribution is 2.06. The summed E-state index contributed by atoms with van der Waals surface area (Å²) in [5.41, 5.74) is 0.848. The van der Waals surface area contributed by atoms with Crippen molar-refractivity contribution in [3.05, 3.63) is 23.9 Å². The van der Waals surface area contributed by atoms with E-state index >= 15 is 0 Å². The Morgan fingerprint density at radius 2 is 2.55 bits per heavy atom. The van der Waals surface area contributed by atoms with Crippen molar-refractivity contribution >= 4 is 0 Å². The Morgan fingerprint density at radius 3 is 3.18 bits per heavy atom. The maximum Gasteiger partial charge on any atom is 0.0966 e. The Balaban J connectivity index is 2.50. The van der Waals surface area contributed by atoms with Crippen LogP contribution in [0.3, 0.4) is 0 Å². The minimum Gasteiger partial charge on any atom is -0.372 e. The fourth-order valence-electron chi connectivity index (χ4n) is 1.12. The molecule has 2 heteroatoms. The van der Waals surface area contributed by atoms with E-state index in [9.17, 15) is 0 Å². The van der Waals surface area contributed by atoms with Gasteiger partial charge in [-0.15, -0.1) is 0 Å². The van der Waals surface area contributed by atoms with Crippen LogP contribution in [0.1, 0.15) is 13.3 Å². The van der Waals surface area contributed by atoms with E-state index in [-0.39, 0.29) is 0 Å². The largest absolute Gasteiger partial charge is 0.372 e. The lowest BCUT2D eigenvalue weighted by Gasteiger charge is -2.20. The van der Waals surface area contributed by atoms with Crippen LogP contribution in [0.25, 0.3) is 0 Å². The molecular weight excluding hydrogens is 136 g/mol. The first-order valence-corrected chi connectivity index (χ1v) is 3.88. The third-order valence-electron chi connectivity index (χ3n) is 1.62. The summed E-state index contributed by atoms with van der Waals surface area (Å²) in [5, 5.41) is 8.60. The van der Waals surface area contributed by atoms with Crippen LogP contribution in [0.15, 0.2) is 23.9 Å². The number of nitriles is 1. The lowest BCUT2D eigenvalue weighted by molar-refractivity contribution is 0.405. The number of hydrogen-bond acceptors (Lipinski definition) is 2. The molecule has 1 heterocycles. The molecule has 0 aromatic rings. The average molecular weight is 148 g/mol. The van der Waals surface area contributed by atoms with E-state index < -0.39 is 0 Å². The van der Waals surface area contributed by atoms with Crippen LogP contribution in [0.4, 0.5) is 0 Å². The minimum absolute atomic E-state index is 0.779. The highest BCUT2D eigenvalue weighted by molar-refractivity contribution is 5.30. The Kier molecular flexibility index (Phi) is 2.74. The predicted molar refractivity (Wildman–Crippen MR) is 44.7 cm³/mol. The predicted octanol–water partition coefficient (Wildman–Crippen LogP) is 1.68. The van der Waals surface area contributed by atoms with E-state index in [4.69, 9.17) is 5.26 Å². The van der Waals surface area contributed by atoms with E-state index in [1.54, 1.807) is 0 Å². The molecule has 0 aromatic heterocycles. The van der Waals surface area contributed by atoms with E-state index in [1.165, 1.54) is 0 Å². The van der Waals surface area contributed by atoms with E-state index in [0.29, 0.717) is 0 Å². The van der Waals surface area contributed by atoms with Gasteiger partial charge in [0.25, 0.3) is 0 Å². The van der Waals surface area contributed by atoms with Gasteiger partial charge in [-0.2, -0.15) is 5.26 Å². The number of nitrogens with zero attached hydrogens (tertiary/aromatic N) is 2. The van der Waals surface area contributed by atoms with Gasteiger partial charge in [0.2, 0.25) is 0 Å². The van der Waals surface area contributed by atoms with Crippen LogP contribution < -0.4 is 0 Å². The molecular formula is C9H12N2. The zero-order valence-electron chi connectivity index (χ0n) is 6.75. The molecule has 0 saturated heterocycles. The number of rotatable bonds is 2. The molecule has 2 nitrogen and oxygen atoms in total. The summed E-state index contributed by atoms with van der Waals surface area (Å²) in [4.78, 5) is 2.15. The van der Waals surface area contributed by atoms with Crippen LogP contribution in [0.5, 0.6) is 0 Å². The van der Waals surface area contributed by atoms with Gasteiger partial charge >= 0.3 is 0 Å². The van der Waals surface area contributed by atoms with Gasteiger partial charge in [0.15, 0.2) is 0 Å². The molecule has 0 spiro atoms. The molecule has 0 unspecified atom stereocenters. The molecule has 0 fully saturated rings. The van der Waals surface area contributed by atoms with Crippen LogP contribution in [-0.2, 0) is 0 Å². The van der Waals surface area contributed by atoms with Crippen molar-refractivity contribution in [3.63, 3.8) is 0 Å². The molecule has 0 aliphatic carbocycles. The van der Waals surface area contributed by atoms with Gasteiger partial charge in [0, 0.05) is 12.1 Å². The fraction of sp³-hybridized carbons (Fsp3) is 0.444. The van der Waals surface area contributed by atoms with E-state index in [0.717, 1.165) is 25.1 Å². The molecule has 1 aliphatic heterocycles. The fourth-order valence-corrected chi connectivity index (χ4v) is 1.12. The zero-order valence-corrected chi connectivity index (χ0v) is 6.75. The van der Waals surface area contributed by atoms with Crippen molar-refractivity contribution in [3.8, 4) is 6.07 Å². The Labute approximate surface area is 67.4 Å². The van der Waals surface area contributed by atoms with Crippen molar-refractivity contribution in [2.75, 3.05) is 13.1 Å². The summed E-state index contributed by atoms with van der Waals surface area (Å²) in [6.07, 6.45) is 6.96. The second kappa shape index (κ2) is 3.82. The van der Waals surface area contributed by atoms with Gasteiger partial charge < -0.3 is 4.90 Å². The molecule has 58 valence electrons. The number of allylic oxidation sites excluding steroid dienone is 2. The topological polar surface area (TPSA) is 27.0 Å². The van der Waals surface area contributed by atoms with E-state index in [1.807, 2.05) is 18.4 Å². The summed E-state index contributed by atoms with van der Waals surface area (Å²) in [6, 6.07) is 2.16. The summed E-state index contributed by atoms with van der Waals surface area (Å²) < 4.78 is 0. The molecule has 0 radical (unpaired) electrons. The SMILES string of the molecule is CCCN1C=CC=C(C#N)C1. The van der Waals surface area contributed by atoms with Crippen LogP contribution in [-0.4, -0.2) is 18.0 Å². The van der Waals surface area contributed by atoms with Crippen molar-refractivity contribution in [2.45, 2.75) is 13.3 Å². The maximum atomic E-state index is 8.60. The van der Waals surface area contributed by atoms with Crippen molar-refractivity contribution in [2.24, 2.45) is 0 Å². The van der Waals surface area contributed by atoms with Gasteiger partial charge in [-0.25, -0.2) is 0 Å². The van der Waals surface area contributed by atoms with Crippen LogP contribution >= 0.6 is 0 Å². The summed E-state index contributed by atoms with van der Waals surface area (Å²) in [5.74, 6) is 0. The second-order valence-corrected chi connectivity index (χ2v) is 2.62. The van der Waals surface area contributed by atoms with Crippen LogP contribution in [0.2, 0.25) is 0 Å². The van der Waals surface area contributed by atoms with Gasteiger partial charge in [-0.05, 0) is 24.8 Å². The Morgan fingerprint density at radius 1 is 1.73 bits per heavy atom. The smallest absolute Gasteiger partial charge is 0.0966 e. The normalized spacial score (nSPS) is 16.0. The molecule has 0 aromatic carbocycles. The van der Waals surface area contributed by atoms with Gasteiger partial charge in [0.05, 0.1) is 12.6 Å². The highest BCUT2D eigenvalue weighted by Gasteiger charge is 2.04. The van der Waals surface area contributed by atoms with Gasteiger partial charge in [-0.1, -0.05) is 6.92 Å². The lowest BCUT2D eigenvalue weighted by atomic mass is 10.2. The minimum atomic E-state index is 0.779. The van der Waals surface area contributed by atoms with Gasteiger partial charge in [0.1, 0.15) is 0 Å². The van der Waals surface area contributed by atoms with E-state index in [2.05, 4.69) is 17.9 Å². The molecule has 0 saturated carbocycles. The molecule has 0 atom stereocenters. The standard InChI is InChI=1S/C9H12N2/c1-2-5-11-6-3-4-9(7-10)8-11/h3-4,6H,2,5,8H2,1H3. The first-order chi connectivity index (χ1) is 5.36. The van der Waals surface area contributed by atoms with Crippen LogP contribution in [0, 0.1) is 11.3 Å². The molecule has 1 aliphatic rings. The third kappa shape index (κ3) is 2.12. The number of hydrogen-bond donors (Lipinski definition) is 0. The molecule has 0 bridgehead atoms. The second-order valence-electron chi connectivity index (χ2n) is 2.62. The van der Waals surface area contributed by atoms with Crippen molar-refractivity contribution < 1.29 is 0 Å². The van der Waals surface area contributed by atoms with Gasteiger partial charge in [-0.3, -0.25) is 0 Å². The molecule has 0 amide bonds. The summed E-state index contributed by atoms with van der Waals surface area (Å²) >= 11 is 0. The monoisotopic (exact) mass is 148 g/mol. The molecule has 0 N–H and O–H groups in total. The molecule has 1 rings (SSSR count). The quantitative estimate of drug-likeness (QED) is 0.595. The lowest BCUT2D eigenvalue weighted by Crippen LogP contribution is -2.22. The van der Waals surface area contributed by atoms with Crippen molar-refractivity contribution in [1.82, 2.24) is 4.90 Å². The summed E-state index contributed by atoms with van der Waals surface area (Å²) in [6.45, 7) is 3.95. The zero-order chi connectivity index (χ0) is 8.10. The summed E-state index contributed by atoms with van der Waals surface area (Å²) in [7, 11) is 0.